The van der Waals surface area contributed by atoms with E-state index in [1.54, 1.807) is 0 Å². The largest absolute Gasteiger partial charge is 0.491 e. The van der Waals surface area contributed by atoms with E-state index in [2.05, 4.69) is 4.90 Å². The average molecular weight is 690 g/mol. The molecule has 14 nitrogen and oxygen atoms in total. The van der Waals surface area contributed by atoms with Crippen molar-refractivity contribution in [1.29, 1.82) is 0 Å². The highest BCUT2D eigenvalue weighted by Gasteiger charge is 2.35. The number of carbonyl (C=O) groups excluding carboxylic acids is 1. The number of hydrogen-bond donors (Lipinski definition) is 1. The van der Waals surface area contributed by atoms with Crippen LogP contribution in [0.25, 0.3) is 0 Å². The summed E-state index contributed by atoms with van der Waals surface area (Å²) in [5.41, 5.74) is 0.0912. The van der Waals surface area contributed by atoms with Crippen molar-refractivity contribution in [2.75, 3.05) is 158 Å². The van der Waals surface area contributed by atoms with Crippen molar-refractivity contribution in [2.45, 2.75) is 19.4 Å². The summed E-state index contributed by atoms with van der Waals surface area (Å²) in [6.07, 6.45) is 0. The first kappa shape index (κ1) is 42.4. The third kappa shape index (κ3) is 20.7. The van der Waals surface area contributed by atoms with E-state index in [1.165, 1.54) is 0 Å². The van der Waals surface area contributed by atoms with E-state index in [1.807, 2.05) is 38.1 Å². The van der Waals surface area contributed by atoms with Gasteiger partial charge in [0.1, 0.15) is 12.4 Å². The third-order valence-corrected chi connectivity index (χ3v) is 7.18. The van der Waals surface area contributed by atoms with Gasteiger partial charge in [-0.3, -0.25) is 9.69 Å². The molecule has 48 heavy (non-hydrogen) atoms. The fourth-order valence-electron chi connectivity index (χ4n) is 4.47. The first-order valence-electron chi connectivity index (χ1n) is 17.0. The molecule has 1 aliphatic rings. The van der Waals surface area contributed by atoms with Crippen LogP contribution in [0.15, 0.2) is 24.3 Å². The van der Waals surface area contributed by atoms with Crippen molar-refractivity contribution >= 4 is 5.78 Å². The van der Waals surface area contributed by atoms with E-state index in [9.17, 15) is 4.79 Å². The van der Waals surface area contributed by atoms with Crippen LogP contribution in [-0.4, -0.2) is 180 Å². The Labute approximate surface area is 286 Å². The number of carbonyl (C=O) groups is 1. The van der Waals surface area contributed by atoms with Crippen molar-refractivity contribution in [3.63, 3.8) is 0 Å². The molecule has 1 aromatic carbocycles. The minimum Gasteiger partial charge on any atom is -0.491 e. The Hall–Kier alpha value is -1.79. The molecule has 1 fully saturated rings. The summed E-state index contributed by atoms with van der Waals surface area (Å²) in [5, 5.41) is 8.59. The van der Waals surface area contributed by atoms with Gasteiger partial charge in [0.25, 0.3) is 0 Å². The highest BCUT2D eigenvalue weighted by Crippen LogP contribution is 2.23. The molecular weight excluding hydrogens is 630 g/mol. The van der Waals surface area contributed by atoms with E-state index >= 15 is 0 Å². The van der Waals surface area contributed by atoms with Gasteiger partial charge in [-0.25, -0.2) is 0 Å². The van der Waals surface area contributed by atoms with Crippen LogP contribution in [0.2, 0.25) is 0 Å². The Morgan fingerprint density at radius 3 is 1.27 bits per heavy atom. The number of Topliss-reactive ketones (excluding diaryl/α,β-unsaturated/α-hetero) is 1. The maximum Gasteiger partial charge on any atom is 0.182 e. The molecule has 0 radical (unpaired) electrons. The lowest BCUT2D eigenvalue weighted by atomic mass is 9.91. The Morgan fingerprint density at radius 2 is 0.917 bits per heavy atom. The summed E-state index contributed by atoms with van der Waals surface area (Å²) in [5.74, 6) is 0.791. The fourth-order valence-corrected chi connectivity index (χ4v) is 4.47. The van der Waals surface area contributed by atoms with E-state index < -0.39 is 5.54 Å². The van der Waals surface area contributed by atoms with Crippen molar-refractivity contribution in [2.24, 2.45) is 0 Å². The van der Waals surface area contributed by atoms with E-state index in [-0.39, 0.29) is 12.4 Å². The number of morpholine rings is 1. The fraction of sp³-hybridized carbons (Fsp3) is 0.794. The first-order valence-corrected chi connectivity index (χ1v) is 17.0. The van der Waals surface area contributed by atoms with Gasteiger partial charge in [0.15, 0.2) is 5.78 Å². The molecule has 0 atom stereocenters. The Morgan fingerprint density at radius 1 is 0.583 bits per heavy atom. The van der Waals surface area contributed by atoms with Crippen LogP contribution in [0.1, 0.15) is 24.2 Å². The van der Waals surface area contributed by atoms with Gasteiger partial charge in [-0.15, -0.1) is 0 Å². The monoisotopic (exact) mass is 689 g/mol. The average Bonchev–Trinajstić information content (AvgIpc) is 3.11. The van der Waals surface area contributed by atoms with Crippen LogP contribution in [0, 0.1) is 0 Å². The van der Waals surface area contributed by atoms with Crippen molar-refractivity contribution in [1.82, 2.24) is 4.90 Å². The number of ketones is 1. The zero-order chi connectivity index (χ0) is 34.4. The minimum atomic E-state index is -0.579. The zero-order valence-electron chi connectivity index (χ0n) is 29.1. The Bertz CT molecular complexity index is 884. The highest BCUT2D eigenvalue weighted by atomic mass is 16.6. The zero-order valence-corrected chi connectivity index (χ0v) is 29.1. The summed E-state index contributed by atoms with van der Waals surface area (Å²) in [7, 11) is 0. The second-order valence-corrected chi connectivity index (χ2v) is 11.1. The van der Waals surface area contributed by atoms with Crippen LogP contribution in [0.3, 0.4) is 0 Å². The van der Waals surface area contributed by atoms with Crippen LogP contribution in [0.4, 0.5) is 0 Å². The van der Waals surface area contributed by atoms with Crippen molar-refractivity contribution < 1.29 is 62.0 Å². The molecule has 278 valence electrons. The predicted octanol–water partition coefficient (Wildman–Crippen LogP) is 1.50. The molecule has 0 amide bonds. The highest BCUT2D eigenvalue weighted by molar-refractivity contribution is 6.02. The smallest absolute Gasteiger partial charge is 0.182 e. The molecule has 2 rings (SSSR count). The van der Waals surface area contributed by atoms with Gasteiger partial charge in [0.05, 0.1) is 144 Å². The molecule has 14 heteroatoms. The molecule has 1 aliphatic heterocycles. The standard InChI is InChI=1S/C34H59NO13/c1-34(2,35-7-10-38-11-8-35)33(37)31-3-5-32(6-4-31)48-30-29-47-28-27-46-26-25-45-24-23-44-22-21-43-20-19-42-18-17-41-16-15-40-14-13-39-12-9-36/h3-6,36H,7-30H2,1-2H3. The molecule has 0 unspecified atom stereocenters. The van der Waals surface area contributed by atoms with Gasteiger partial charge in [0.2, 0.25) is 0 Å². The molecule has 0 bridgehead atoms. The molecule has 1 saturated heterocycles. The summed E-state index contributed by atoms with van der Waals surface area (Å²) >= 11 is 0. The Balaban J connectivity index is 1.27. The second-order valence-electron chi connectivity index (χ2n) is 11.1. The Kier molecular flexibility index (Phi) is 25.6. The van der Waals surface area contributed by atoms with Crippen molar-refractivity contribution in [3.05, 3.63) is 29.8 Å². The van der Waals surface area contributed by atoms with Gasteiger partial charge in [-0.05, 0) is 38.1 Å². The lowest BCUT2D eigenvalue weighted by Crippen LogP contribution is -2.54. The summed E-state index contributed by atoms with van der Waals surface area (Å²) in [6.45, 7) is 15.8. The molecule has 1 N–H and O–H groups in total. The van der Waals surface area contributed by atoms with Gasteiger partial charge in [-0.2, -0.15) is 0 Å². The third-order valence-electron chi connectivity index (χ3n) is 7.18. The van der Waals surface area contributed by atoms with E-state index in [0.717, 1.165) is 13.1 Å². The predicted molar refractivity (Wildman–Crippen MR) is 177 cm³/mol. The topological polar surface area (TPSA) is 142 Å². The lowest BCUT2D eigenvalue weighted by Gasteiger charge is -2.39. The van der Waals surface area contributed by atoms with Crippen molar-refractivity contribution in [3.8, 4) is 5.75 Å². The summed E-state index contributed by atoms with van der Waals surface area (Å²) < 4.78 is 60.0. The molecule has 0 aromatic heterocycles. The van der Waals surface area contributed by atoms with Crippen LogP contribution >= 0.6 is 0 Å². The second kappa shape index (κ2) is 29.0. The van der Waals surface area contributed by atoms with Crippen LogP contribution in [0.5, 0.6) is 5.75 Å². The maximum absolute atomic E-state index is 13.1. The summed E-state index contributed by atoms with van der Waals surface area (Å²) in [6, 6.07) is 7.28. The maximum atomic E-state index is 13.1. The minimum absolute atomic E-state index is 0.0219. The molecule has 0 spiro atoms. The van der Waals surface area contributed by atoms with Gasteiger partial charge in [0, 0.05) is 18.7 Å². The number of aliphatic hydroxyl groups is 1. The molecule has 0 saturated carbocycles. The van der Waals surface area contributed by atoms with Gasteiger partial charge in [-0.1, -0.05) is 0 Å². The normalized spacial score (nSPS) is 14.1. The quantitative estimate of drug-likeness (QED) is 0.0842. The van der Waals surface area contributed by atoms with Crippen LogP contribution < -0.4 is 4.74 Å². The summed E-state index contributed by atoms with van der Waals surface area (Å²) in [4.78, 5) is 15.3. The lowest BCUT2D eigenvalue weighted by molar-refractivity contribution is -0.0258. The SMILES string of the molecule is CC(C)(C(=O)c1ccc(OCCOCCOCCOCCOCCOCCOCCOCCOCCOCCO)cc1)N1CCOCC1. The van der Waals surface area contributed by atoms with Gasteiger partial charge < -0.3 is 57.2 Å². The number of aliphatic hydroxyl groups excluding tert-OH is 1. The first-order chi connectivity index (χ1) is 23.6. The number of benzene rings is 1. The van der Waals surface area contributed by atoms with E-state index in [0.29, 0.717) is 150 Å². The molecule has 1 heterocycles. The number of rotatable bonds is 33. The van der Waals surface area contributed by atoms with E-state index in [4.69, 9.17) is 57.2 Å². The number of ether oxygens (including phenoxy) is 11. The van der Waals surface area contributed by atoms with Crippen LogP contribution in [-0.2, 0) is 47.4 Å². The molecule has 1 aromatic rings. The molecule has 0 aliphatic carbocycles. The molecular formula is C34H59NO13. The number of hydrogen-bond acceptors (Lipinski definition) is 14. The number of nitrogens with zero attached hydrogens (tertiary/aromatic N) is 1. The van der Waals surface area contributed by atoms with Gasteiger partial charge >= 0.3 is 0 Å².